The number of carboxylic acids is 1. The summed E-state index contributed by atoms with van der Waals surface area (Å²) in [6.07, 6.45) is 0.664. The lowest BCUT2D eigenvalue weighted by molar-refractivity contribution is 0.0697. The number of benzene rings is 1. The van der Waals surface area contributed by atoms with Crippen molar-refractivity contribution >= 4 is 34.7 Å². The molecule has 0 fully saturated rings. The van der Waals surface area contributed by atoms with Crippen molar-refractivity contribution in [2.75, 3.05) is 5.73 Å². The van der Waals surface area contributed by atoms with Crippen molar-refractivity contribution in [2.24, 2.45) is 5.73 Å². The monoisotopic (exact) mass is 382 g/mol. The number of fused-ring (bicyclic) bond motifs is 3. The number of carbonyl (C=O) groups excluding carboxylic acids is 2. The minimum Gasteiger partial charge on any atom is -0.478 e. The molecule has 0 aliphatic heterocycles. The van der Waals surface area contributed by atoms with Crippen molar-refractivity contribution in [1.82, 2.24) is 10.2 Å². The molecule has 9 heteroatoms. The lowest BCUT2D eigenvalue weighted by atomic mass is 9.99. The van der Waals surface area contributed by atoms with Crippen LogP contribution < -0.4 is 11.5 Å². The van der Waals surface area contributed by atoms with Crippen LogP contribution in [-0.2, 0) is 6.42 Å². The number of aromatic nitrogens is 2. The van der Waals surface area contributed by atoms with Crippen LogP contribution in [0.1, 0.15) is 48.4 Å². The Morgan fingerprint density at radius 3 is 2.67 bits per heavy atom. The minimum atomic E-state index is -1.09. The fourth-order valence-electron chi connectivity index (χ4n) is 3.33. The zero-order valence-electron chi connectivity index (χ0n) is 14.1. The number of carbonyl (C=O) groups is 3. The molecule has 8 nitrogen and oxygen atoms in total. The summed E-state index contributed by atoms with van der Waals surface area (Å²) in [5.74, 6) is -2.34. The number of aromatic amines is 1. The Labute approximate surface area is 156 Å². The maximum absolute atomic E-state index is 13.1. The van der Waals surface area contributed by atoms with E-state index in [1.165, 1.54) is 17.4 Å². The smallest absolute Gasteiger partial charge is 0.337 e. The second-order valence-electron chi connectivity index (χ2n) is 6.08. The van der Waals surface area contributed by atoms with Crippen LogP contribution in [0.3, 0.4) is 0 Å². The van der Waals surface area contributed by atoms with Crippen LogP contribution in [0.15, 0.2) is 18.2 Å². The Bertz CT molecular complexity index is 1160. The number of nitrogens with two attached hydrogens (primary N) is 2. The average molecular weight is 382 g/mol. The van der Waals surface area contributed by atoms with Crippen LogP contribution in [0.4, 0.5) is 5.69 Å². The van der Waals surface area contributed by atoms with Gasteiger partial charge in [-0.25, -0.2) is 4.79 Å². The van der Waals surface area contributed by atoms with E-state index >= 15 is 0 Å². The summed E-state index contributed by atoms with van der Waals surface area (Å²) < 4.78 is 0. The van der Waals surface area contributed by atoms with Crippen LogP contribution in [0.5, 0.6) is 0 Å². The van der Waals surface area contributed by atoms with Gasteiger partial charge in [-0.2, -0.15) is 5.10 Å². The summed E-state index contributed by atoms with van der Waals surface area (Å²) in [5.41, 5.74) is 12.9. The first-order chi connectivity index (χ1) is 12.8. The molecule has 136 valence electrons. The van der Waals surface area contributed by atoms with Crippen molar-refractivity contribution in [3.63, 3.8) is 0 Å². The second-order valence-corrected chi connectivity index (χ2v) is 7.22. The number of rotatable bonds is 4. The number of carboxylic acid groups (broad SMARTS) is 1. The first kappa shape index (κ1) is 17.0. The van der Waals surface area contributed by atoms with E-state index in [1.54, 1.807) is 12.1 Å². The standard InChI is InChI=1S/C18H14N4O4S/c1-2-6-5-8(18(25)26)16(27-6)14-12-13(21-22-14)7-3-4-9(19)11(17(20)24)10(7)15(12)23/h3-5H,2,19H2,1H3,(H2,20,24)(H,21,22)(H,25,26). The number of nitrogens with zero attached hydrogens (tertiary/aromatic N) is 1. The van der Waals surface area contributed by atoms with Gasteiger partial charge < -0.3 is 16.6 Å². The number of anilines is 1. The number of primary amides is 1. The maximum atomic E-state index is 13.1. The highest BCUT2D eigenvalue weighted by Crippen LogP contribution is 2.44. The van der Waals surface area contributed by atoms with Gasteiger partial charge in [0.15, 0.2) is 5.78 Å². The summed E-state index contributed by atoms with van der Waals surface area (Å²) in [4.78, 5) is 37.9. The lowest BCUT2D eigenvalue weighted by Gasteiger charge is -2.07. The van der Waals surface area contributed by atoms with E-state index in [2.05, 4.69) is 10.2 Å². The van der Waals surface area contributed by atoms with Crippen LogP contribution in [-0.4, -0.2) is 33.0 Å². The summed E-state index contributed by atoms with van der Waals surface area (Å²) >= 11 is 1.29. The number of nitrogen functional groups attached to an aromatic ring is 1. The molecule has 0 saturated heterocycles. The number of aryl methyl sites for hydroxylation is 1. The zero-order valence-corrected chi connectivity index (χ0v) is 14.9. The fourth-order valence-corrected chi connectivity index (χ4v) is 4.41. The van der Waals surface area contributed by atoms with Gasteiger partial charge in [0.2, 0.25) is 0 Å². The normalized spacial score (nSPS) is 12.1. The summed E-state index contributed by atoms with van der Waals surface area (Å²) in [7, 11) is 0. The SMILES string of the molecule is CCc1cc(C(=O)O)c(-c2[nH]nc3c2C(=O)c2c-3ccc(N)c2C(N)=O)s1. The van der Waals surface area contributed by atoms with Gasteiger partial charge in [-0.05, 0) is 24.6 Å². The topological polar surface area (TPSA) is 152 Å². The number of hydrogen-bond donors (Lipinski definition) is 4. The molecule has 0 atom stereocenters. The van der Waals surface area contributed by atoms with Crippen LogP contribution in [0.2, 0.25) is 0 Å². The van der Waals surface area contributed by atoms with Gasteiger partial charge in [0.05, 0.1) is 27.3 Å². The third kappa shape index (κ3) is 2.28. The molecule has 4 rings (SSSR count). The van der Waals surface area contributed by atoms with E-state index in [-0.39, 0.29) is 27.9 Å². The predicted octanol–water partition coefficient (Wildman–Crippen LogP) is 2.29. The van der Waals surface area contributed by atoms with Gasteiger partial charge >= 0.3 is 5.97 Å². The van der Waals surface area contributed by atoms with Crippen molar-refractivity contribution in [2.45, 2.75) is 13.3 Å². The van der Waals surface area contributed by atoms with Gasteiger partial charge in [0.1, 0.15) is 5.69 Å². The number of aromatic carboxylic acids is 1. The van der Waals surface area contributed by atoms with E-state index in [9.17, 15) is 19.5 Å². The number of nitrogens with one attached hydrogen (secondary N) is 1. The third-order valence-corrected chi connectivity index (χ3v) is 5.85. The first-order valence-electron chi connectivity index (χ1n) is 8.07. The fraction of sp³-hybridized carbons (Fsp3) is 0.111. The van der Waals surface area contributed by atoms with Crippen molar-refractivity contribution in [3.8, 4) is 21.8 Å². The van der Waals surface area contributed by atoms with Crippen LogP contribution in [0.25, 0.3) is 21.8 Å². The molecule has 1 aliphatic carbocycles. The largest absolute Gasteiger partial charge is 0.478 e. The van der Waals surface area contributed by atoms with Crippen LogP contribution >= 0.6 is 11.3 Å². The molecule has 2 heterocycles. The summed E-state index contributed by atoms with van der Waals surface area (Å²) in [5, 5.41) is 16.5. The molecular formula is C18H14N4O4S. The molecule has 1 aromatic carbocycles. The van der Waals surface area contributed by atoms with Gasteiger partial charge in [-0.3, -0.25) is 14.7 Å². The summed E-state index contributed by atoms with van der Waals surface area (Å²) in [6, 6.07) is 4.70. The quantitative estimate of drug-likeness (QED) is 0.397. The van der Waals surface area contributed by atoms with Gasteiger partial charge in [-0.15, -0.1) is 11.3 Å². The molecule has 0 spiro atoms. The molecule has 1 aliphatic rings. The number of H-pyrrole nitrogens is 1. The average Bonchev–Trinajstić information content (AvgIpc) is 3.29. The Balaban J connectivity index is 1.97. The Morgan fingerprint density at radius 1 is 1.30 bits per heavy atom. The van der Waals surface area contributed by atoms with Crippen molar-refractivity contribution in [3.05, 3.63) is 45.3 Å². The summed E-state index contributed by atoms with van der Waals surface area (Å²) in [6.45, 7) is 1.92. The molecule has 0 radical (unpaired) electrons. The van der Waals surface area contributed by atoms with Crippen molar-refractivity contribution < 1.29 is 19.5 Å². The highest BCUT2D eigenvalue weighted by atomic mass is 32.1. The molecule has 0 bridgehead atoms. The van der Waals surface area contributed by atoms with Gasteiger partial charge in [0, 0.05) is 21.7 Å². The molecule has 3 aromatic rings. The highest BCUT2D eigenvalue weighted by Gasteiger charge is 2.38. The Kier molecular flexibility index (Phi) is 3.63. The molecule has 0 saturated carbocycles. The number of hydrogen-bond acceptors (Lipinski definition) is 6. The van der Waals surface area contributed by atoms with E-state index in [0.29, 0.717) is 28.2 Å². The third-order valence-electron chi connectivity index (χ3n) is 4.55. The highest BCUT2D eigenvalue weighted by molar-refractivity contribution is 7.16. The number of ketones is 1. The molecule has 27 heavy (non-hydrogen) atoms. The second kappa shape index (κ2) is 5.78. The lowest BCUT2D eigenvalue weighted by Crippen LogP contribution is -2.18. The minimum absolute atomic E-state index is 0.0414. The van der Waals surface area contributed by atoms with E-state index in [1.807, 2.05) is 6.92 Å². The number of thiophene rings is 1. The Hall–Kier alpha value is -3.46. The first-order valence-corrected chi connectivity index (χ1v) is 8.88. The molecule has 6 N–H and O–H groups in total. The Morgan fingerprint density at radius 2 is 2.04 bits per heavy atom. The van der Waals surface area contributed by atoms with E-state index < -0.39 is 17.7 Å². The molecule has 0 unspecified atom stereocenters. The molecule has 2 aromatic heterocycles. The van der Waals surface area contributed by atoms with Gasteiger partial charge in [0.25, 0.3) is 5.91 Å². The maximum Gasteiger partial charge on any atom is 0.337 e. The predicted molar refractivity (Wildman–Crippen MR) is 100 cm³/mol. The number of amides is 1. The van der Waals surface area contributed by atoms with Crippen LogP contribution in [0, 0.1) is 0 Å². The van der Waals surface area contributed by atoms with E-state index in [0.717, 1.165) is 4.88 Å². The molecular weight excluding hydrogens is 368 g/mol. The van der Waals surface area contributed by atoms with E-state index in [4.69, 9.17) is 11.5 Å². The van der Waals surface area contributed by atoms with Gasteiger partial charge in [-0.1, -0.05) is 6.92 Å². The zero-order chi connectivity index (χ0) is 19.5. The van der Waals surface area contributed by atoms with Crippen molar-refractivity contribution in [1.29, 1.82) is 0 Å². The molecule has 1 amide bonds.